The second kappa shape index (κ2) is 9.94. The Labute approximate surface area is 155 Å². The van der Waals surface area contributed by atoms with Gasteiger partial charge in [-0.25, -0.2) is 4.79 Å². The maximum Gasteiger partial charge on any atom is 0.343 e. The fourth-order valence-electron chi connectivity index (χ4n) is 2.91. The Morgan fingerprint density at radius 3 is 2.31 bits per heavy atom. The standard InChI is InChI=1S/C21H27NO4/c1-15-10-17(11-16(2)21(15)26-14-20(23)25-4)12-22-13-19(24-3)18-8-6-5-7-9-18/h5-11,19,22H,12-14H2,1-4H3. The van der Waals surface area contributed by atoms with Gasteiger partial charge in [0.2, 0.25) is 0 Å². The predicted octanol–water partition coefficient (Wildman–Crippen LogP) is 3.33. The van der Waals surface area contributed by atoms with E-state index in [0.29, 0.717) is 0 Å². The molecule has 0 radical (unpaired) electrons. The Morgan fingerprint density at radius 1 is 1.08 bits per heavy atom. The van der Waals surface area contributed by atoms with Gasteiger partial charge in [-0.3, -0.25) is 0 Å². The van der Waals surface area contributed by atoms with E-state index in [4.69, 9.17) is 9.47 Å². The highest BCUT2D eigenvalue weighted by atomic mass is 16.6. The molecule has 5 heteroatoms. The number of carbonyl (C=O) groups excluding carboxylic acids is 1. The third kappa shape index (κ3) is 5.58. The van der Waals surface area contributed by atoms with E-state index in [9.17, 15) is 4.79 Å². The molecule has 140 valence electrons. The molecule has 5 nitrogen and oxygen atoms in total. The lowest BCUT2D eigenvalue weighted by molar-refractivity contribution is -0.142. The molecule has 0 saturated heterocycles. The van der Waals surface area contributed by atoms with Gasteiger partial charge in [-0.2, -0.15) is 0 Å². The minimum absolute atomic E-state index is 0.0149. The number of hydrogen-bond acceptors (Lipinski definition) is 5. The maximum atomic E-state index is 11.3. The summed E-state index contributed by atoms with van der Waals surface area (Å²) in [4.78, 5) is 11.3. The molecule has 1 unspecified atom stereocenters. The van der Waals surface area contributed by atoms with Gasteiger partial charge in [0, 0.05) is 20.2 Å². The van der Waals surface area contributed by atoms with E-state index in [1.807, 2.05) is 32.0 Å². The van der Waals surface area contributed by atoms with Crippen LogP contribution in [0.2, 0.25) is 0 Å². The second-order valence-electron chi connectivity index (χ2n) is 6.19. The minimum Gasteiger partial charge on any atom is -0.481 e. The van der Waals surface area contributed by atoms with Gasteiger partial charge in [-0.05, 0) is 36.1 Å². The SMILES string of the molecule is COC(=O)COc1c(C)cc(CNCC(OC)c2ccccc2)cc1C. The fourth-order valence-corrected chi connectivity index (χ4v) is 2.91. The van der Waals surface area contributed by atoms with Crippen LogP contribution in [0, 0.1) is 13.8 Å². The van der Waals surface area contributed by atoms with Crippen LogP contribution in [0.4, 0.5) is 0 Å². The van der Waals surface area contributed by atoms with E-state index >= 15 is 0 Å². The van der Waals surface area contributed by atoms with Crippen molar-refractivity contribution < 1.29 is 19.0 Å². The van der Waals surface area contributed by atoms with E-state index in [1.165, 1.54) is 7.11 Å². The third-order valence-corrected chi connectivity index (χ3v) is 4.20. The quantitative estimate of drug-likeness (QED) is 0.698. The monoisotopic (exact) mass is 357 g/mol. The first-order chi connectivity index (χ1) is 12.5. The molecule has 0 saturated carbocycles. The van der Waals surface area contributed by atoms with E-state index in [0.717, 1.165) is 41.1 Å². The van der Waals surface area contributed by atoms with Gasteiger partial charge in [0.25, 0.3) is 0 Å². The van der Waals surface area contributed by atoms with Crippen molar-refractivity contribution in [3.8, 4) is 5.75 Å². The lowest BCUT2D eigenvalue weighted by Gasteiger charge is -2.17. The van der Waals surface area contributed by atoms with Crippen LogP contribution in [0.25, 0.3) is 0 Å². The summed E-state index contributed by atoms with van der Waals surface area (Å²) >= 11 is 0. The van der Waals surface area contributed by atoms with Crippen LogP contribution in [0.5, 0.6) is 5.75 Å². The first kappa shape index (κ1) is 19.9. The van der Waals surface area contributed by atoms with Gasteiger partial charge in [0.1, 0.15) is 5.75 Å². The number of hydrogen-bond donors (Lipinski definition) is 1. The Balaban J connectivity index is 1.94. The number of esters is 1. The smallest absolute Gasteiger partial charge is 0.343 e. The summed E-state index contributed by atoms with van der Waals surface area (Å²) in [5.74, 6) is 0.347. The zero-order valence-corrected chi connectivity index (χ0v) is 15.9. The van der Waals surface area contributed by atoms with Crippen LogP contribution in [0.15, 0.2) is 42.5 Å². The summed E-state index contributed by atoms with van der Waals surface area (Å²) in [5, 5.41) is 3.44. The normalized spacial score (nSPS) is 11.8. The van der Waals surface area contributed by atoms with Crippen molar-refractivity contribution in [2.24, 2.45) is 0 Å². The Morgan fingerprint density at radius 2 is 1.73 bits per heavy atom. The van der Waals surface area contributed by atoms with Gasteiger partial charge < -0.3 is 19.5 Å². The molecule has 0 amide bonds. The second-order valence-corrected chi connectivity index (χ2v) is 6.19. The molecule has 0 aliphatic heterocycles. The Bertz CT molecular complexity index is 692. The average Bonchev–Trinajstić information content (AvgIpc) is 2.65. The number of carbonyl (C=O) groups is 1. The summed E-state index contributed by atoms with van der Waals surface area (Å²) in [7, 11) is 3.07. The van der Waals surface area contributed by atoms with Crippen molar-refractivity contribution in [1.29, 1.82) is 0 Å². The molecule has 1 N–H and O–H groups in total. The zero-order valence-electron chi connectivity index (χ0n) is 15.9. The first-order valence-corrected chi connectivity index (χ1v) is 8.63. The summed E-state index contributed by atoms with van der Waals surface area (Å²) < 4.78 is 15.8. The highest BCUT2D eigenvalue weighted by Gasteiger charge is 2.11. The molecule has 2 aromatic carbocycles. The van der Waals surface area contributed by atoms with Crippen LogP contribution in [0.1, 0.15) is 28.4 Å². The topological polar surface area (TPSA) is 56.8 Å². The molecular formula is C21H27NO4. The van der Waals surface area contributed by atoms with Crippen LogP contribution in [0.3, 0.4) is 0 Å². The molecule has 0 fully saturated rings. The number of benzene rings is 2. The lowest BCUT2D eigenvalue weighted by atomic mass is 10.1. The van der Waals surface area contributed by atoms with Crippen molar-refractivity contribution in [3.63, 3.8) is 0 Å². The molecule has 0 heterocycles. The molecule has 1 atom stereocenters. The molecule has 2 rings (SSSR count). The molecule has 26 heavy (non-hydrogen) atoms. The largest absolute Gasteiger partial charge is 0.481 e. The number of rotatable bonds is 9. The molecule has 0 bridgehead atoms. The minimum atomic E-state index is -0.388. The van der Waals surface area contributed by atoms with Crippen molar-refractivity contribution >= 4 is 5.97 Å². The van der Waals surface area contributed by atoms with Crippen molar-refractivity contribution in [2.45, 2.75) is 26.5 Å². The Kier molecular flexibility index (Phi) is 7.63. The molecule has 2 aromatic rings. The van der Waals surface area contributed by atoms with Crippen LogP contribution in [-0.2, 0) is 20.8 Å². The molecule has 0 aromatic heterocycles. The number of ether oxygens (including phenoxy) is 3. The number of methoxy groups -OCH3 is 2. The summed E-state index contributed by atoms with van der Waals surface area (Å²) in [6.45, 7) is 5.32. The molecule has 0 aliphatic carbocycles. The van der Waals surface area contributed by atoms with Crippen LogP contribution >= 0.6 is 0 Å². The van der Waals surface area contributed by atoms with Gasteiger partial charge >= 0.3 is 5.97 Å². The maximum absolute atomic E-state index is 11.3. The van der Waals surface area contributed by atoms with Gasteiger partial charge in [0.05, 0.1) is 13.2 Å². The Hall–Kier alpha value is -2.37. The van der Waals surface area contributed by atoms with Crippen LogP contribution in [-0.4, -0.2) is 33.3 Å². The molecular weight excluding hydrogens is 330 g/mol. The van der Waals surface area contributed by atoms with Gasteiger partial charge in [-0.15, -0.1) is 0 Å². The van der Waals surface area contributed by atoms with E-state index in [-0.39, 0.29) is 18.7 Å². The van der Waals surface area contributed by atoms with Crippen molar-refractivity contribution in [3.05, 3.63) is 64.7 Å². The fraction of sp³-hybridized carbons (Fsp3) is 0.381. The summed E-state index contributed by atoms with van der Waals surface area (Å²) in [6.07, 6.45) is 0.0149. The number of nitrogens with one attached hydrogen (secondary N) is 1. The van der Waals surface area contributed by atoms with Gasteiger partial charge in [0.15, 0.2) is 6.61 Å². The zero-order chi connectivity index (χ0) is 18.9. The van der Waals surface area contributed by atoms with Crippen molar-refractivity contribution in [2.75, 3.05) is 27.4 Å². The summed E-state index contributed by atoms with van der Waals surface area (Å²) in [6, 6.07) is 14.3. The van der Waals surface area contributed by atoms with E-state index < -0.39 is 0 Å². The third-order valence-electron chi connectivity index (χ3n) is 4.20. The number of aryl methyl sites for hydroxylation is 2. The summed E-state index contributed by atoms with van der Waals surface area (Å²) in [5.41, 5.74) is 4.31. The van der Waals surface area contributed by atoms with E-state index in [1.54, 1.807) is 7.11 Å². The lowest BCUT2D eigenvalue weighted by Crippen LogP contribution is -2.22. The first-order valence-electron chi connectivity index (χ1n) is 8.63. The average molecular weight is 357 g/mol. The van der Waals surface area contributed by atoms with Crippen molar-refractivity contribution in [1.82, 2.24) is 5.32 Å². The van der Waals surface area contributed by atoms with E-state index in [2.05, 4.69) is 34.3 Å². The highest BCUT2D eigenvalue weighted by molar-refractivity contribution is 5.71. The molecule has 0 spiro atoms. The van der Waals surface area contributed by atoms with Crippen LogP contribution < -0.4 is 10.1 Å². The van der Waals surface area contributed by atoms with Gasteiger partial charge in [-0.1, -0.05) is 42.5 Å². The molecule has 0 aliphatic rings. The highest BCUT2D eigenvalue weighted by Crippen LogP contribution is 2.25. The predicted molar refractivity (Wildman–Crippen MR) is 101 cm³/mol.